The molecule has 4 nitrogen and oxygen atoms in total. The second-order valence-corrected chi connectivity index (χ2v) is 5.37. The molecule has 17 heavy (non-hydrogen) atoms. The van der Waals surface area contributed by atoms with E-state index in [1.54, 1.807) is 0 Å². The van der Waals surface area contributed by atoms with Crippen molar-refractivity contribution in [3.05, 3.63) is 27.4 Å². The van der Waals surface area contributed by atoms with Crippen LogP contribution in [0, 0.1) is 12.8 Å². The van der Waals surface area contributed by atoms with Crippen molar-refractivity contribution in [3.8, 4) is 0 Å². The Morgan fingerprint density at radius 2 is 2.24 bits per heavy atom. The van der Waals surface area contributed by atoms with Gasteiger partial charge in [-0.2, -0.15) is 0 Å². The molecule has 0 spiro atoms. The third-order valence-electron chi connectivity index (χ3n) is 4.05. The van der Waals surface area contributed by atoms with Crippen molar-refractivity contribution >= 4 is 0 Å². The maximum absolute atomic E-state index is 11.8. The highest BCUT2D eigenvalue weighted by molar-refractivity contribution is 5.21. The van der Waals surface area contributed by atoms with Crippen LogP contribution in [0.2, 0.25) is 0 Å². The zero-order chi connectivity index (χ0) is 11.8. The molecule has 1 aliphatic heterocycles. The summed E-state index contributed by atoms with van der Waals surface area (Å²) in [5, 5.41) is 0. The van der Waals surface area contributed by atoms with Gasteiger partial charge in [0.25, 0.3) is 5.56 Å². The molecule has 0 aromatic carbocycles. The summed E-state index contributed by atoms with van der Waals surface area (Å²) < 4.78 is 0. The minimum Gasteiger partial charge on any atom is -0.310 e. The van der Waals surface area contributed by atoms with E-state index in [1.807, 2.05) is 6.92 Å². The zero-order valence-electron chi connectivity index (χ0n) is 10.3. The van der Waals surface area contributed by atoms with Gasteiger partial charge in [0.15, 0.2) is 0 Å². The quantitative estimate of drug-likeness (QED) is 0.862. The van der Waals surface area contributed by atoms with Crippen LogP contribution in [0.25, 0.3) is 0 Å². The molecule has 1 fully saturated rings. The maximum atomic E-state index is 11.8. The second-order valence-electron chi connectivity index (χ2n) is 5.37. The molecule has 0 saturated heterocycles. The van der Waals surface area contributed by atoms with Crippen LogP contribution in [0.3, 0.4) is 0 Å². The first-order chi connectivity index (χ1) is 8.22. The van der Waals surface area contributed by atoms with E-state index in [-0.39, 0.29) is 5.56 Å². The molecule has 0 unspecified atom stereocenters. The number of rotatable bonds is 3. The minimum atomic E-state index is 0.0543. The fourth-order valence-electron chi connectivity index (χ4n) is 2.76. The molecular formula is C13H19N3O. The number of fused-ring (bicyclic) bond motifs is 1. The second kappa shape index (κ2) is 4.26. The van der Waals surface area contributed by atoms with Gasteiger partial charge in [-0.15, -0.1) is 0 Å². The molecule has 1 aliphatic carbocycles. The average molecular weight is 233 g/mol. The standard InChI is InChI=1S/C13H19N3O/c1-9-14-12-8-16(6-5-10-3-2-4-10)7-11(12)13(17)15-9/h10H,2-8H2,1H3,(H,14,15,17). The summed E-state index contributed by atoms with van der Waals surface area (Å²) in [7, 11) is 0. The summed E-state index contributed by atoms with van der Waals surface area (Å²) in [5.41, 5.74) is 1.92. The molecule has 2 heterocycles. The summed E-state index contributed by atoms with van der Waals surface area (Å²) in [6.07, 6.45) is 5.49. The van der Waals surface area contributed by atoms with Crippen LogP contribution in [0.15, 0.2) is 4.79 Å². The Morgan fingerprint density at radius 3 is 2.94 bits per heavy atom. The highest BCUT2D eigenvalue weighted by Gasteiger charge is 2.25. The SMILES string of the molecule is Cc1nc2c(c(=O)[nH]1)CN(CCC1CCC1)C2. The number of hydrogen-bond donors (Lipinski definition) is 1. The van der Waals surface area contributed by atoms with E-state index < -0.39 is 0 Å². The maximum Gasteiger partial charge on any atom is 0.255 e. The highest BCUT2D eigenvalue weighted by Crippen LogP contribution is 2.30. The Labute approximate surface area is 101 Å². The molecule has 2 aliphatic rings. The van der Waals surface area contributed by atoms with Crippen molar-refractivity contribution in [1.82, 2.24) is 14.9 Å². The topological polar surface area (TPSA) is 49.0 Å². The molecule has 1 aromatic rings. The molecule has 4 heteroatoms. The predicted octanol–water partition coefficient (Wildman–Crippen LogP) is 1.58. The van der Waals surface area contributed by atoms with Crippen molar-refractivity contribution in [3.63, 3.8) is 0 Å². The Hall–Kier alpha value is -1.16. The fourth-order valence-corrected chi connectivity index (χ4v) is 2.76. The first-order valence-corrected chi connectivity index (χ1v) is 6.53. The normalized spacial score (nSPS) is 20.3. The van der Waals surface area contributed by atoms with Crippen LogP contribution in [0.5, 0.6) is 0 Å². The Morgan fingerprint density at radius 1 is 1.41 bits per heavy atom. The summed E-state index contributed by atoms with van der Waals surface area (Å²) in [6.45, 7) is 4.59. The largest absolute Gasteiger partial charge is 0.310 e. The van der Waals surface area contributed by atoms with E-state index in [0.29, 0.717) is 0 Å². The number of aromatic amines is 1. The van der Waals surface area contributed by atoms with E-state index in [1.165, 1.54) is 25.7 Å². The molecule has 1 saturated carbocycles. The van der Waals surface area contributed by atoms with Crippen molar-refractivity contribution in [2.45, 2.75) is 45.7 Å². The number of aryl methyl sites for hydroxylation is 1. The van der Waals surface area contributed by atoms with Gasteiger partial charge in [-0.05, 0) is 25.8 Å². The monoisotopic (exact) mass is 233 g/mol. The van der Waals surface area contributed by atoms with Crippen molar-refractivity contribution in [2.24, 2.45) is 5.92 Å². The number of H-pyrrole nitrogens is 1. The summed E-state index contributed by atoms with van der Waals surface area (Å²) in [5.74, 6) is 1.67. The fraction of sp³-hybridized carbons (Fsp3) is 0.692. The molecule has 1 aromatic heterocycles. The number of nitrogens with zero attached hydrogens (tertiary/aromatic N) is 2. The molecule has 0 bridgehead atoms. The molecule has 3 rings (SSSR count). The summed E-state index contributed by atoms with van der Waals surface area (Å²) in [4.78, 5) is 21.3. The Balaban J connectivity index is 1.65. The zero-order valence-corrected chi connectivity index (χ0v) is 10.3. The van der Waals surface area contributed by atoms with Gasteiger partial charge in [0, 0.05) is 13.1 Å². The minimum absolute atomic E-state index is 0.0543. The van der Waals surface area contributed by atoms with E-state index in [9.17, 15) is 4.79 Å². The summed E-state index contributed by atoms with van der Waals surface area (Å²) in [6, 6.07) is 0. The van der Waals surface area contributed by atoms with Crippen LogP contribution in [0.1, 0.15) is 42.8 Å². The Bertz CT molecular complexity index is 476. The van der Waals surface area contributed by atoms with E-state index in [4.69, 9.17) is 0 Å². The lowest BCUT2D eigenvalue weighted by molar-refractivity contribution is 0.215. The highest BCUT2D eigenvalue weighted by atomic mass is 16.1. The van der Waals surface area contributed by atoms with Crippen molar-refractivity contribution < 1.29 is 0 Å². The lowest BCUT2D eigenvalue weighted by Gasteiger charge is -2.27. The van der Waals surface area contributed by atoms with Crippen LogP contribution in [-0.2, 0) is 13.1 Å². The van der Waals surface area contributed by atoms with Gasteiger partial charge in [-0.1, -0.05) is 19.3 Å². The first-order valence-electron chi connectivity index (χ1n) is 6.53. The molecular weight excluding hydrogens is 214 g/mol. The van der Waals surface area contributed by atoms with Crippen molar-refractivity contribution in [2.75, 3.05) is 6.54 Å². The molecule has 0 atom stereocenters. The van der Waals surface area contributed by atoms with Gasteiger partial charge in [0.2, 0.25) is 0 Å². The lowest BCUT2D eigenvalue weighted by atomic mass is 9.83. The van der Waals surface area contributed by atoms with Gasteiger partial charge >= 0.3 is 0 Å². The van der Waals surface area contributed by atoms with E-state index >= 15 is 0 Å². The van der Waals surface area contributed by atoms with Gasteiger partial charge in [-0.3, -0.25) is 9.69 Å². The third kappa shape index (κ3) is 2.14. The predicted molar refractivity (Wildman–Crippen MR) is 65.7 cm³/mol. The number of aromatic nitrogens is 2. The molecule has 92 valence electrons. The smallest absolute Gasteiger partial charge is 0.255 e. The van der Waals surface area contributed by atoms with Crippen LogP contribution >= 0.6 is 0 Å². The van der Waals surface area contributed by atoms with E-state index in [0.717, 1.165) is 42.6 Å². The van der Waals surface area contributed by atoms with E-state index in [2.05, 4.69) is 14.9 Å². The van der Waals surface area contributed by atoms with Gasteiger partial charge in [-0.25, -0.2) is 4.98 Å². The van der Waals surface area contributed by atoms with Gasteiger partial charge < -0.3 is 4.98 Å². The first kappa shape index (κ1) is 11.0. The van der Waals surface area contributed by atoms with Crippen molar-refractivity contribution in [1.29, 1.82) is 0 Å². The molecule has 0 amide bonds. The summed E-state index contributed by atoms with van der Waals surface area (Å²) >= 11 is 0. The van der Waals surface area contributed by atoms with Crippen LogP contribution < -0.4 is 5.56 Å². The molecule has 0 radical (unpaired) electrons. The number of nitrogens with one attached hydrogen (secondary N) is 1. The van der Waals surface area contributed by atoms with Crippen LogP contribution in [0.4, 0.5) is 0 Å². The average Bonchev–Trinajstić information content (AvgIpc) is 2.58. The van der Waals surface area contributed by atoms with Gasteiger partial charge in [0.05, 0.1) is 11.3 Å². The van der Waals surface area contributed by atoms with Crippen LogP contribution in [-0.4, -0.2) is 21.4 Å². The lowest BCUT2D eigenvalue weighted by Crippen LogP contribution is -2.23. The third-order valence-corrected chi connectivity index (χ3v) is 4.05. The number of hydrogen-bond acceptors (Lipinski definition) is 3. The Kier molecular flexibility index (Phi) is 2.74. The molecule has 1 N–H and O–H groups in total. The van der Waals surface area contributed by atoms with Gasteiger partial charge in [0.1, 0.15) is 5.82 Å².